The number of aromatic amines is 1. The highest BCUT2D eigenvalue weighted by atomic mass is 32.1. The van der Waals surface area contributed by atoms with Gasteiger partial charge in [-0.2, -0.15) is 0 Å². The Morgan fingerprint density at radius 3 is 1.60 bits per heavy atom. The van der Waals surface area contributed by atoms with Gasteiger partial charge in [-0.3, -0.25) is 33.6 Å². The molecule has 596 valence electrons. The number of amides is 8. The Balaban J connectivity index is 0.000000198. The minimum atomic E-state index is -1.26. The van der Waals surface area contributed by atoms with Gasteiger partial charge >= 0.3 is 24.1 Å². The van der Waals surface area contributed by atoms with Crippen molar-refractivity contribution in [3.63, 3.8) is 0 Å². The number of nitrogens with zero attached hydrogens (tertiary/aromatic N) is 7. The molecule has 2 aromatic carbocycles. The molecule has 2 saturated carbocycles. The largest absolute Gasteiger partial charge is 0.497 e. The third-order valence-electron chi connectivity index (χ3n) is 19.0. The Kier molecular flexibility index (Phi) is 27.2. The van der Waals surface area contributed by atoms with Crippen molar-refractivity contribution in [2.75, 3.05) is 51.2 Å². The third kappa shape index (κ3) is 21.1. The Labute approximate surface area is 648 Å². The quantitative estimate of drug-likeness (QED) is 0.0197. The molecule has 8 heterocycles. The molecule has 4 aromatic heterocycles. The second kappa shape index (κ2) is 36.4. The van der Waals surface area contributed by atoms with Crippen LogP contribution in [0.5, 0.6) is 17.4 Å². The normalized spacial score (nSPS) is 24.7. The van der Waals surface area contributed by atoms with Crippen molar-refractivity contribution in [1.82, 2.24) is 61.0 Å². The van der Waals surface area contributed by atoms with E-state index >= 15 is 0 Å². The van der Waals surface area contributed by atoms with Gasteiger partial charge in [0.25, 0.3) is 5.56 Å². The van der Waals surface area contributed by atoms with Gasteiger partial charge in [0.05, 0.1) is 62.1 Å². The van der Waals surface area contributed by atoms with Crippen LogP contribution < -0.4 is 51.7 Å². The van der Waals surface area contributed by atoms with E-state index in [2.05, 4.69) is 51.8 Å². The highest BCUT2D eigenvalue weighted by molar-refractivity contribution is 7.14. The first-order valence-corrected chi connectivity index (χ1v) is 38.8. The molecule has 2 aliphatic carbocycles. The zero-order chi connectivity index (χ0) is 80.0. The molecule has 4 fully saturated rings. The van der Waals surface area contributed by atoms with E-state index in [1.165, 1.54) is 39.6 Å². The number of aliphatic hydroxyl groups excluding tert-OH is 1. The van der Waals surface area contributed by atoms with Gasteiger partial charge in [0.1, 0.15) is 75.4 Å². The molecular formula is C76H96N14O19S2. The number of nitrogens with one attached hydrogen (secondary N) is 7. The summed E-state index contributed by atoms with van der Waals surface area (Å²) in [4.78, 5) is 169. The van der Waals surface area contributed by atoms with Crippen molar-refractivity contribution in [3.05, 3.63) is 81.8 Å². The van der Waals surface area contributed by atoms with E-state index in [1.54, 1.807) is 110 Å². The molecule has 12 rings (SSSR count). The SMILES string of the molecule is CCOC(=O)[C@@]12C[C@H]1/C=C\CCCCC[C@H](NC(=O)OC(C)(C)C)C(=O)N1CC(Oc3nc4cc(OC)ccc4nc3-c3csc(NC=O)n3)C[C@H]1C(=O)N2.CCOC(=O)[C@@]12C[C@H]1/C=C\CCCCC[C@H](NC(=O)OC(C)(C)C)C(=O)N1C[C@@H](O)C[C@H]1C(=O)N2.COc1ccc2nc(-c3csc(NC=O)n3)c(=O)[nH]c2c1. The fraction of sp³-hybridized carbons (Fsp3) is 0.526. The molecule has 2 saturated heterocycles. The first-order chi connectivity index (χ1) is 53.0. The summed E-state index contributed by atoms with van der Waals surface area (Å²) in [5.41, 5.74) is -0.783. The van der Waals surface area contributed by atoms with Crippen molar-refractivity contribution < 1.29 is 86.2 Å². The Morgan fingerprint density at radius 1 is 0.613 bits per heavy atom. The van der Waals surface area contributed by atoms with Crippen molar-refractivity contribution in [2.45, 2.75) is 204 Å². The van der Waals surface area contributed by atoms with E-state index in [-0.39, 0.29) is 73.8 Å². The van der Waals surface area contributed by atoms with Crippen LogP contribution in [0.3, 0.4) is 0 Å². The molecule has 10 atom stereocenters. The van der Waals surface area contributed by atoms with Crippen molar-refractivity contribution in [1.29, 1.82) is 0 Å². The number of methoxy groups -OCH3 is 2. The van der Waals surface area contributed by atoms with Gasteiger partial charge < -0.3 is 84.9 Å². The van der Waals surface area contributed by atoms with Crippen LogP contribution in [0.2, 0.25) is 0 Å². The van der Waals surface area contributed by atoms with Gasteiger partial charge in [0.15, 0.2) is 21.7 Å². The molecule has 0 spiro atoms. The standard InChI is InChI=1S/C38H47N7O9S.C25H39N3O7.C13H10N4O3S/c1-6-52-34(49)38-18-22(38)12-10-8-7-9-11-13-26(43-36(50)54-37(2,3)4)33(48)45-19-24(17-29(45)31(47)44-38)53-32-30(28-20-55-35(42-28)39-21-46)40-25-15-14-23(51-5)16-27(25)41-32;1-5-34-22(32)25-14-16(25)11-9-7-6-8-10-12-18(26-23(33)35-24(2,3)4)21(31)28-15-17(29)13-19(28)20(30)27-25;1-20-7-2-3-8-9(4-7)16-12(19)11(15-8)10-5-21-13(17-10)14-6-18/h10,12,14-16,20-22,24,26,29H,6-9,11,13,17-19H2,1-5H3,(H,43,50)(H,44,47)(H,39,42,46);9,11,16-19,29H,5-8,10,12-15H2,1-4H3,(H,26,33)(H,27,30);2-6H,1H3,(H,16,19)(H,14,17,18)/b12-10-;11-9-;/t22-,24?,26+,29+,38-;16-,17+,18+,19+,25-;/m11./s1. The maximum absolute atomic E-state index is 14.5. The number of benzene rings is 2. The number of hydrogen-bond acceptors (Lipinski definition) is 26. The number of carbonyl (C=O) groups is 10. The van der Waals surface area contributed by atoms with Crippen molar-refractivity contribution >= 4 is 116 Å². The summed E-state index contributed by atoms with van der Waals surface area (Å²) in [6, 6.07) is 6.49. The van der Waals surface area contributed by atoms with Crippen LogP contribution in [0.25, 0.3) is 44.8 Å². The summed E-state index contributed by atoms with van der Waals surface area (Å²) in [6.07, 6.45) is 13.7. The maximum Gasteiger partial charge on any atom is 0.408 e. The molecule has 35 heteroatoms. The lowest BCUT2D eigenvalue weighted by atomic mass is 10.0. The Morgan fingerprint density at radius 2 is 1.10 bits per heavy atom. The number of fused-ring (bicyclic) bond motifs is 6. The number of allylic oxidation sites excluding steroid dienone is 2. The van der Waals surface area contributed by atoms with Crippen molar-refractivity contribution in [3.8, 4) is 40.2 Å². The molecule has 8 amide bonds. The van der Waals surface area contributed by atoms with Crippen LogP contribution in [0.15, 0.2) is 76.3 Å². The number of rotatable bonds is 16. The summed E-state index contributed by atoms with van der Waals surface area (Å²) < 4.78 is 38.6. The molecule has 33 nitrogen and oxygen atoms in total. The number of hydrogen-bond donors (Lipinski definition) is 8. The highest BCUT2D eigenvalue weighted by Crippen LogP contribution is 2.48. The zero-order valence-electron chi connectivity index (χ0n) is 63.7. The predicted molar refractivity (Wildman–Crippen MR) is 409 cm³/mol. The maximum atomic E-state index is 14.5. The minimum absolute atomic E-state index is 0.0286. The predicted octanol–water partition coefficient (Wildman–Crippen LogP) is 7.95. The summed E-state index contributed by atoms with van der Waals surface area (Å²) in [5, 5.41) is 30.7. The molecular weight excluding hydrogens is 1480 g/mol. The summed E-state index contributed by atoms with van der Waals surface area (Å²) in [6.45, 7) is 14.1. The fourth-order valence-electron chi connectivity index (χ4n) is 13.5. The van der Waals surface area contributed by atoms with Gasteiger partial charge in [0.2, 0.25) is 42.3 Å². The van der Waals surface area contributed by atoms with Crippen LogP contribution >= 0.6 is 22.7 Å². The molecule has 0 radical (unpaired) electrons. The first-order valence-electron chi connectivity index (χ1n) is 37.0. The lowest BCUT2D eigenvalue weighted by Crippen LogP contribution is -2.56. The first kappa shape index (κ1) is 82.8. The van der Waals surface area contributed by atoms with Crippen LogP contribution in [-0.2, 0) is 57.3 Å². The lowest BCUT2D eigenvalue weighted by molar-refractivity contribution is -0.150. The highest BCUT2D eigenvalue weighted by Gasteiger charge is 2.63. The number of esters is 2. The topological polar surface area (TPSA) is 432 Å². The Bertz CT molecular complexity index is 4530. The van der Waals surface area contributed by atoms with Gasteiger partial charge in [-0.05, 0) is 131 Å². The number of ether oxygens (including phenoxy) is 7. The van der Waals surface area contributed by atoms with Crippen molar-refractivity contribution in [2.24, 2.45) is 11.8 Å². The number of alkyl carbamates (subject to hydrolysis) is 2. The van der Waals surface area contributed by atoms with Gasteiger partial charge in [-0.15, -0.1) is 22.7 Å². The minimum Gasteiger partial charge on any atom is -0.497 e. The van der Waals surface area contributed by atoms with E-state index in [9.17, 15) is 57.8 Å². The van der Waals surface area contributed by atoms with Gasteiger partial charge in [-0.25, -0.2) is 44.1 Å². The van der Waals surface area contributed by atoms with E-state index in [0.29, 0.717) is 107 Å². The number of aromatic nitrogens is 6. The van der Waals surface area contributed by atoms with E-state index in [0.717, 1.165) is 38.5 Å². The molecule has 111 heavy (non-hydrogen) atoms. The number of carbonyl (C=O) groups excluding carboxylic acids is 10. The third-order valence-corrected chi connectivity index (χ3v) is 20.6. The molecule has 4 aliphatic heterocycles. The molecule has 0 bridgehead atoms. The second-order valence-corrected chi connectivity index (χ2v) is 31.2. The van der Waals surface area contributed by atoms with Crippen LogP contribution in [-0.4, -0.2) is 205 Å². The fourth-order valence-corrected chi connectivity index (χ4v) is 14.8. The number of thiazole rings is 2. The van der Waals surface area contributed by atoms with Crippen LogP contribution in [0.1, 0.15) is 145 Å². The zero-order valence-corrected chi connectivity index (χ0v) is 65.3. The number of anilines is 2. The summed E-state index contributed by atoms with van der Waals surface area (Å²) in [7, 11) is 3.09. The number of H-pyrrole nitrogens is 1. The molecule has 1 unspecified atom stereocenters. The summed E-state index contributed by atoms with van der Waals surface area (Å²) in [5.74, 6) is -2.18. The smallest absolute Gasteiger partial charge is 0.408 e. The van der Waals surface area contributed by atoms with E-state index in [1.807, 2.05) is 24.3 Å². The van der Waals surface area contributed by atoms with Crippen LogP contribution in [0.4, 0.5) is 19.9 Å². The van der Waals surface area contributed by atoms with E-state index < -0.39 is 106 Å². The monoisotopic (exact) mass is 1570 g/mol. The Hall–Kier alpha value is -10.7. The van der Waals surface area contributed by atoms with Gasteiger partial charge in [-0.1, -0.05) is 50.0 Å². The molecule has 6 aliphatic rings. The molecule has 8 N–H and O–H groups in total. The average molecular weight is 1570 g/mol. The van der Waals surface area contributed by atoms with Crippen LogP contribution in [0, 0.1) is 11.8 Å². The second-order valence-electron chi connectivity index (χ2n) is 29.5. The summed E-state index contributed by atoms with van der Waals surface area (Å²) >= 11 is 2.42. The van der Waals surface area contributed by atoms with E-state index in [4.69, 9.17) is 43.1 Å². The molecule has 6 aromatic rings. The average Bonchev–Trinajstić information content (AvgIpc) is 1.59. The number of aliphatic hydroxyl groups is 1. The lowest BCUT2D eigenvalue weighted by Gasteiger charge is -2.30. The van der Waals surface area contributed by atoms with Gasteiger partial charge in [0, 0.05) is 54.1 Å².